The molecule has 1 N–H and O–H groups in total. The number of benzene rings is 1. The highest BCUT2D eigenvalue weighted by molar-refractivity contribution is 5.32. The van der Waals surface area contributed by atoms with Gasteiger partial charge in [0, 0.05) is 12.1 Å². The van der Waals surface area contributed by atoms with Crippen LogP contribution in [0, 0.1) is 0 Å². The Hall–Kier alpha value is -1.22. The van der Waals surface area contributed by atoms with E-state index in [4.69, 9.17) is 9.47 Å². The Kier molecular flexibility index (Phi) is 5.12. The van der Waals surface area contributed by atoms with Crippen molar-refractivity contribution in [3.05, 3.63) is 24.3 Å². The highest BCUT2D eigenvalue weighted by atomic mass is 16.5. The second kappa shape index (κ2) is 6.38. The lowest BCUT2D eigenvalue weighted by molar-refractivity contribution is 0.197. The van der Waals surface area contributed by atoms with Crippen molar-refractivity contribution in [1.29, 1.82) is 0 Å². The second-order valence-electron chi connectivity index (χ2n) is 4.03. The van der Waals surface area contributed by atoms with Crippen molar-refractivity contribution < 1.29 is 9.47 Å². The molecular weight excluding hydrogens is 202 g/mol. The van der Waals surface area contributed by atoms with Crippen LogP contribution in [0.25, 0.3) is 0 Å². The monoisotopic (exact) mass is 223 g/mol. The Labute approximate surface area is 97.8 Å². The van der Waals surface area contributed by atoms with Crippen molar-refractivity contribution in [2.24, 2.45) is 0 Å². The number of hydrogen-bond donors (Lipinski definition) is 1. The lowest BCUT2D eigenvalue weighted by atomic mass is 10.1. The molecule has 1 aromatic rings. The molecule has 0 spiro atoms. The van der Waals surface area contributed by atoms with Gasteiger partial charge in [0.05, 0.1) is 13.2 Å². The fourth-order valence-corrected chi connectivity index (χ4v) is 1.57. The summed E-state index contributed by atoms with van der Waals surface area (Å²) < 4.78 is 11.0. The smallest absolute Gasteiger partial charge is 0.123 e. The highest BCUT2D eigenvalue weighted by Gasteiger charge is 2.08. The summed E-state index contributed by atoms with van der Waals surface area (Å²) in [4.78, 5) is 0. The number of rotatable bonds is 6. The van der Waals surface area contributed by atoms with Gasteiger partial charge in [-0.3, -0.25) is 0 Å². The molecule has 0 radical (unpaired) electrons. The van der Waals surface area contributed by atoms with Crippen molar-refractivity contribution in [3.8, 4) is 11.5 Å². The zero-order chi connectivity index (χ0) is 12.0. The third-order valence-electron chi connectivity index (χ3n) is 2.56. The summed E-state index contributed by atoms with van der Waals surface area (Å²) in [6.07, 6.45) is 1.17. The van der Waals surface area contributed by atoms with Gasteiger partial charge in [-0.15, -0.1) is 0 Å². The lowest BCUT2D eigenvalue weighted by Crippen LogP contribution is -2.28. The van der Waals surface area contributed by atoms with Crippen LogP contribution in [-0.2, 0) is 0 Å². The normalized spacial score (nSPS) is 14.2. The topological polar surface area (TPSA) is 30.5 Å². The van der Waals surface area contributed by atoms with Gasteiger partial charge in [-0.2, -0.15) is 0 Å². The standard InChI is InChI=1S/C13H21NO2/c1-10(14-3)8-11(2)16-13-7-5-6-12(9-13)15-4/h5-7,9-11,14H,8H2,1-4H3. The van der Waals surface area contributed by atoms with Gasteiger partial charge in [0.25, 0.3) is 0 Å². The minimum absolute atomic E-state index is 0.189. The molecule has 0 saturated heterocycles. The Morgan fingerprint density at radius 1 is 1.25 bits per heavy atom. The van der Waals surface area contributed by atoms with Crippen molar-refractivity contribution in [3.63, 3.8) is 0 Å². The molecule has 3 nitrogen and oxygen atoms in total. The molecule has 0 aliphatic carbocycles. The van der Waals surface area contributed by atoms with E-state index in [0.717, 1.165) is 17.9 Å². The summed E-state index contributed by atoms with van der Waals surface area (Å²) in [6, 6.07) is 8.15. The minimum Gasteiger partial charge on any atom is -0.497 e. The second-order valence-corrected chi connectivity index (χ2v) is 4.03. The predicted octanol–water partition coefficient (Wildman–Crippen LogP) is 2.46. The van der Waals surface area contributed by atoms with Gasteiger partial charge in [-0.05, 0) is 39.4 Å². The van der Waals surface area contributed by atoms with E-state index < -0.39 is 0 Å². The molecule has 0 saturated carbocycles. The maximum absolute atomic E-state index is 5.81. The summed E-state index contributed by atoms with van der Waals surface area (Å²) in [5.74, 6) is 1.68. The summed E-state index contributed by atoms with van der Waals surface area (Å²) in [7, 11) is 3.62. The molecule has 0 fully saturated rings. The van der Waals surface area contributed by atoms with E-state index in [-0.39, 0.29) is 6.10 Å². The summed E-state index contributed by atoms with van der Waals surface area (Å²) in [5.41, 5.74) is 0. The van der Waals surface area contributed by atoms with E-state index in [1.807, 2.05) is 31.3 Å². The van der Waals surface area contributed by atoms with Crippen molar-refractivity contribution in [2.45, 2.75) is 32.4 Å². The first-order chi connectivity index (χ1) is 7.65. The molecule has 0 aliphatic rings. The first-order valence-electron chi connectivity index (χ1n) is 5.63. The maximum Gasteiger partial charge on any atom is 0.123 e. The van der Waals surface area contributed by atoms with E-state index in [9.17, 15) is 0 Å². The van der Waals surface area contributed by atoms with E-state index in [1.165, 1.54) is 0 Å². The van der Waals surface area contributed by atoms with Crippen LogP contribution in [0.2, 0.25) is 0 Å². The molecule has 0 heterocycles. The third kappa shape index (κ3) is 4.11. The average molecular weight is 223 g/mol. The van der Waals surface area contributed by atoms with Gasteiger partial charge in [0.15, 0.2) is 0 Å². The van der Waals surface area contributed by atoms with Crippen LogP contribution in [0.4, 0.5) is 0 Å². The number of methoxy groups -OCH3 is 1. The van der Waals surface area contributed by atoms with Crippen molar-refractivity contribution >= 4 is 0 Å². The molecule has 0 bridgehead atoms. The van der Waals surface area contributed by atoms with Crippen LogP contribution in [0.1, 0.15) is 20.3 Å². The van der Waals surface area contributed by atoms with Gasteiger partial charge < -0.3 is 14.8 Å². The fraction of sp³-hybridized carbons (Fsp3) is 0.538. The van der Waals surface area contributed by atoms with Gasteiger partial charge in [-0.25, -0.2) is 0 Å². The van der Waals surface area contributed by atoms with Crippen LogP contribution >= 0.6 is 0 Å². The Morgan fingerprint density at radius 2 is 1.94 bits per heavy atom. The fourth-order valence-electron chi connectivity index (χ4n) is 1.57. The number of ether oxygens (including phenoxy) is 2. The quantitative estimate of drug-likeness (QED) is 0.803. The molecule has 16 heavy (non-hydrogen) atoms. The van der Waals surface area contributed by atoms with E-state index >= 15 is 0 Å². The summed E-state index contributed by atoms with van der Waals surface area (Å²) in [5, 5.41) is 3.20. The minimum atomic E-state index is 0.189. The molecule has 1 aromatic carbocycles. The molecule has 3 heteroatoms. The highest BCUT2D eigenvalue weighted by Crippen LogP contribution is 2.20. The molecule has 2 atom stereocenters. The number of hydrogen-bond acceptors (Lipinski definition) is 3. The van der Waals surface area contributed by atoms with Crippen LogP contribution < -0.4 is 14.8 Å². The summed E-state index contributed by atoms with van der Waals surface area (Å²) >= 11 is 0. The molecule has 2 unspecified atom stereocenters. The first kappa shape index (κ1) is 12.8. The Balaban J connectivity index is 2.51. The molecule has 0 amide bonds. The van der Waals surface area contributed by atoms with Crippen LogP contribution in [0.5, 0.6) is 11.5 Å². The molecular formula is C13H21NO2. The summed E-state index contributed by atoms with van der Waals surface area (Å²) in [6.45, 7) is 4.22. The zero-order valence-corrected chi connectivity index (χ0v) is 10.5. The van der Waals surface area contributed by atoms with E-state index in [1.54, 1.807) is 7.11 Å². The van der Waals surface area contributed by atoms with Gasteiger partial charge in [0.2, 0.25) is 0 Å². The maximum atomic E-state index is 5.81. The lowest BCUT2D eigenvalue weighted by Gasteiger charge is -2.18. The molecule has 1 rings (SSSR count). The van der Waals surface area contributed by atoms with E-state index in [2.05, 4.69) is 19.2 Å². The van der Waals surface area contributed by atoms with Crippen molar-refractivity contribution in [2.75, 3.05) is 14.2 Å². The Morgan fingerprint density at radius 3 is 2.56 bits per heavy atom. The van der Waals surface area contributed by atoms with Gasteiger partial charge in [-0.1, -0.05) is 6.07 Å². The van der Waals surface area contributed by atoms with Crippen LogP contribution in [-0.4, -0.2) is 26.3 Å². The molecule has 90 valence electrons. The largest absolute Gasteiger partial charge is 0.497 e. The third-order valence-corrected chi connectivity index (χ3v) is 2.56. The molecule has 0 aliphatic heterocycles. The van der Waals surface area contributed by atoms with E-state index in [0.29, 0.717) is 6.04 Å². The Bertz CT molecular complexity index is 315. The molecule has 0 aromatic heterocycles. The van der Waals surface area contributed by atoms with Gasteiger partial charge in [0.1, 0.15) is 11.5 Å². The number of nitrogens with one attached hydrogen (secondary N) is 1. The van der Waals surface area contributed by atoms with Gasteiger partial charge >= 0.3 is 0 Å². The predicted molar refractivity (Wildman–Crippen MR) is 66.2 cm³/mol. The zero-order valence-electron chi connectivity index (χ0n) is 10.5. The SMILES string of the molecule is CNC(C)CC(C)Oc1cccc(OC)c1. The van der Waals surface area contributed by atoms with Crippen LogP contribution in [0.3, 0.4) is 0 Å². The first-order valence-corrected chi connectivity index (χ1v) is 5.63. The van der Waals surface area contributed by atoms with Crippen molar-refractivity contribution in [1.82, 2.24) is 5.32 Å². The average Bonchev–Trinajstić information content (AvgIpc) is 2.28. The van der Waals surface area contributed by atoms with Crippen LogP contribution in [0.15, 0.2) is 24.3 Å².